The Kier molecular flexibility index (Phi) is 5.31. The lowest BCUT2D eigenvalue weighted by Gasteiger charge is -2.21. The molecule has 0 bridgehead atoms. The summed E-state index contributed by atoms with van der Waals surface area (Å²) in [5.41, 5.74) is 5.58. The fourth-order valence-corrected chi connectivity index (χ4v) is 3.90. The van der Waals surface area contributed by atoms with E-state index in [0.717, 1.165) is 52.7 Å². The van der Waals surface area contributed by atoms with Crippen molar-refractivity contribution in [3.8, 4) is 28.1 Å². The van der Waals surface area contributed by atoms with Gasteiger partial charge in [-0.05, 0) is 38.5 Å². The Balaban J connectivity index is 2.01. The van der Waals surface area contributed by atoms with E-state index in [4.69, 9.17) is 9.84 Å². The van der Waals surface area contributed by atoms with Crippen LogP contribution in [0.25, 0.3) is 28.0 Å². The van der Waals surface area contributed by atoms with Crippen LogP contribution in [-0.4, -0.2) is 34.8 Å². The van der Waals surface area contributed by atoms with Crippen LogP contribution in [0.3, 0.4) is 0 Å². The van der Waals surface area contributed by atoms with Crippen LogP contribution in [0.15, 0.2) is 59.4 Å². The number of fused-ring (bicyclic) bond motifs is 1. The number of H-pyrrole nitrogens is 1. The van der Waals surface area contributed by atoms with Gasteiger partial charge in [0, 0.05) is 24.3 Å². The fraction of sp³-hybridized carbons (Fsp3) is 0.250. The van der Waals surface area contributed by atoms with Gasteiger partial charge in [-0.3, -0.25) is 4.79 Å². The molecule has 0 amide bonds. The fourth-order valence-electron chi connectivity index (χ4n) is 3.90. The molecule has 0 spiro atoms. The van der Waals surface area contributed by atoms with Gasteiger partial charge in [-0.25, -0.2) is 0 Å². The van der Waals surface area contributed by atoms with E-state index in [0.29, 0.717) is 5.56 Å². The van der Waals surface area contributed by atoms with E-state index in [2.05, 4.69) is 23.7 Å². The van der Waals surface area contributed by atoms with Gasteiger partial charge in [0.05, 0.1) is 12.7 Å². The third-order valence-corrected chi connectivity index (χ3v) is 5.45. The highest BCUT2D eigenvalue weighted by Crippen LogP contribution is 2.34. The summed E-state index contributed by atoms with van der Waals surface area (Å²) in [6.45, 7) is 7.79. The van der Waals surface area contributed by atoms with E-state index < -0.39 is 0 Å². The molecule has 154 valence electrons. The van der Waals surface area contributed by atoms with Crippen LogP contribution in [-0.2, 0) is 0 Å². The van der Waals surface area contributed by atoms with Gasteiger partial charge in [-0.2, -0.15) is 9.61 Å². The van der Waals surface area contributed by atoms with E-state index in [1.807, 2.05) is 61.5 Å². The van der Waals surface area contributed by atoms with Gasteiger partial charge in [0.2, 0.25) is 0 Å². The van der Waals surface area contributed by atoms with E-state index in [1.165, 1.54) is 4.52 Å². The van der Waals surface area contributed by atoms with Crippen molar-refractivity contribution in [3.05, 3.63) is 70.6 Å². The summed E-state index contributed by atoms with van der Waals surface area (Å²) >= 11 is 0. The number of hydrogen-bond donors (Lipinski definition) is 1. The molecule has 2 aromatic carbocycles. The molecule has 0 aliphatic heterocycles. The predicted molar refractivity (Wildman–Crippen MR) is 122 cm³/mol. The zero-order valence-corrected chi connectivity index (χ0v) is 17.8. The topological polar surface area (TPSA) is 62.6 Å². The first kappa shape index (κ1) is 19.8. The smallest absolute Gasteiger partial charge is 0.282 e. The number of benzene rings is 2. The molecule has 0 unspecified atom stereocenters. The summed E-state index contributed by atoms with van der Waals surface area (Å²) in [5.74, 6) is 0.753. The molecule has 0 fully saturated rings. The van der Waals surface area contributed by atoms with Crippen LogP contribution in [0, 0.1) is 6.92 Å². The van der Waals surface area contributed by atoms with Crippen molar-refractivity contribution >= 4 is 11.3 Å². The highest BCUT2D eigenvalue weighted by Gasteiger charge is 2.23. The van der Waals surface area contributed by atoms with Crippen LogP contribution in [0.1, 0.15) is 19.5 Å². The van der Waals surface area contributed by atoms with E-state index in [-0.39, 0.29) is 5.56 Å². The van der Waals surface area contributed by atoms with Crippen molar-refractivity contribution in [1.29, 1.82) is 0 Å². The molecule has 0 atom stereocenters. The normalized spacial score (nSPS) is 11.1. The number of aromatic nitrogens is 3. The summed E-state index contributed by atoms with van der Waals surface area (Å²) in [6.07, 6.45) is 0. The van der Waals surface area contributed by atoms with Gasteiger partial charge >= 0.3 is 0 Å². The number of ether oxygens (including phenoxy) is 1. The maximum absolute atomic E-state index is 13.5. The second kappa shape index (κ2) is 8.06. The Labute approximate surface area is 175 Å². The van der Waals surface area contributed by atoms with E-state index in [9.17, 15) is 4.79 Å². The SMILES string of the molecule is CCN(CC)c1c(-c2ccccc2)nn2c(=O)c(-c3ccc(OC)cc3)c(C)[nH]c12. The van der Waals surface area contributed by atoms with Gasteiger partial charge in [-0.1, -0.05) is 42.5 Å². The molecule has 4 aromatic rings. The van der Waals surface area contributed by atoms with Crippen LogP contribution in [0.2, 0.25) is 0 Å². The minimum absolute atomic E-state index is 0.137. The predicted octanol–water partition coefficient (Wildman–Crippen LogP) is 4.52. The molecule has 0 saturated carbocycles. The average molecular weight is 402 g/mol. The molecule has 0 aliphatic carbocycles. The van der Waals surface area contributed by atoms with E-state index in [1.54, 1.807) is 7.11 Å². The second-order valence-electron chi connectivity index (χ2n) is 7.15. The number of rotatable bonds is 6. The number of hydrogen-bond acceptors (Lipinski definition) is 4. The molecule has 0 aliphatic rings. The van der Waals surface area contributed by atoms with Crippen molar-refractivity contribution in [2.24, 2.45) is 0 Å². The Bertz CT molecular complexity index is 1220. The Hall–Kier alpha value is -3.54. The van der Waals surface area contributed by atoms with Gasteiger partial charge < -0.3 is 14.6 Å². The largest absolute Gasteiger partial charge is 0.497 e. The molecule has 4 rings (SSSR count). The van der Waals surface area contributed by atoms with Crippen LogP contribution in [0.4, 0.5) is 5.69 Å². The molecule has 2 heterocycles. The standard InChI is InChI=1S/C24H26N4O2/c1-5-27(6-2)22-21(18-10-8-7-9-11-18)26-28-23(22)25-16(3)20(24(28)29)17-12-14-19(30-4)15-13-17/h7-15,25H,5-6H2,1-4H3. The average Bonchev–Trinajstić information content (AvgIpc) is 3.15. The number of aromatic amines is 1. The molecule has 2 aromatic heterocycles. The Morgan fingerprint density at radius 3 is 2.27 bits per heavy atom. The molecule has 0 radical (unpaired) electrons. The molecule has 1 N–H and O–H groups in total. The van der Waals surface area contributed by atoms with Crippen molar-refractivity contribution in [3.63, 3.8) is 0 Å². The van der Waals surface area contributed by atoms with Crippen LogP contribution < -0.4 is 15.2 Å². The maximum atomic E-state index is 13.5. The zero-order chi connectivity index (χ0) is 21.3. The van der Waals surface area contributed by atoms with Crippen LogP contribution >= 0.6 is 0 Å². The third-order valence-electron chi connectivity index (χ3n) is 5.45. The highest BCUT2D eigenvalue weighted by molar-refractivity contribution is 5.86. The number of aryl methyl sites for hydroxylation is 1. The van der Waals surface area contributed by atoms with E-state index >= 15 is 0 Å². The minimum atomic E-state index is -0.137. The lowest BCUT2D eigenvalue weighted by molar-refractivity contribution is 0.415. The number of anilines is 1. The first-order chi connectivity index (χ1) is 14.6. The second-order valence-corrected chi connectivity index (χ2v) is 7.15. The minimum Gasteiger partial charge on any atom is -0.497 e. The quantitative estimate of drug-likeness (QED) is 0.515. The molecular formula is C24H26N4O2. The monoisotopic (exact) mass is 402 g/mol. The Morgan fingerprint density at radius 1 is 1.00 bits per heavy atom. The number of nitrogens with one attached hydrogen (secondary N) is 1. The molecule has 30 heavy (non-hydrogen) atoms. The third kappa shape index (κ3) is 3.24. The summed E-state index contributed by atoms with van der Waals surface area (Å²) in [5, 5.41) is 4.77. The van der Waals surface area contributed by atoms with Gasteiger partial charge in [-0.15, -0.1) is 0 Å². The molecule has 0 saturated heterocycles. The number of methoxy groups -OCH3 is 1. The maximum Gasteiger partial charge on any atom is 0.282 e. The summed E-state index contributed by atoms with van der Waals surface area (Å²) in [7, 11) is 1.63. The summed E-state index contributed by atoms with van der Waals surface area (Å²) in [4.78, 5) is 19.2. The lowest BCUT2D eigenvalue weighted by Crippen LogP contribution is -2.24. The first-order valence-corrected chi connectivity index (χ1v) is 10.2. The first-order valence-electron chi connectivity index (χ1n) is 10.2. The van der Waals surface area contributed by atoms with Crippen molar-refractivity contribution < 1.29 is 4.74 Å². The van der Waals surface area contributed by atoms with Gasteiger partial charge in [0.1, 0.15) is 17.1 Å². The van der Waals surface area contributed by atoms with Crippen molar-refractivity contribution in [1.82, 2.24) is 14.6 Å². The summed E-state index contributed by atoms with van der Waals surface area (Å²) in [6, 6.07) is 17.5. The van der Waals surface area contributed by atoms with Crippen molar-refractivity contribution in [2.75, 3.05) is 25.1 Å². The van der Waals surface area contributed by atoms with Crippen molar-refractivity contribution in [2.45, 2.75) is 20.8 Å². The highest BCUT2D eigenvalue weighted by atomic mass is 16.5. The summed E-state index contributed by atoms with van der Waals surface area (Å²) < 4.78 is 6.75. The lowest BCUT2D eigenvalue weighted by atomic mass is 10.1. The van der Waals surface area contributed by atoms with Crippen LogP contribution in [0.5, 0.6) is 5.75 Å². The zero-order valence-electron chi connectivity index (χ0n) is 17.8. The number of nitrogens with zero attached hydrogens (tertiary/aromatic N) is 3. The van der Waals surface area contributed by atoms with Gasteiger partial charge in [0.25, 0.3) is 5.56 Å². The molecule has 6 heteroatoms. The molecule has 6 nitrogen and oxygen atoms in total. The van der Waals surface area contributed by atoms with Gasteiger partial charge in [0.15, 0.2) is 5.65 Å². The molecular weight excluding hydrogens is 376 g/mol. The Morgan fingerprint density at radius 2 is 1.67 bits per heavy atom.